The van der Waals surface area contributed by atoms with Crippen molar-refractivity contribution in [2.45, 2.75) is 56.7 Å². The summed E-state index contributed by atoms with van der Waals surface area (Å²) in [5.41, 5.74) is 4.46. The standard InChI is InChI=1S/C34H36N4O6S2/c1-4-5-15-33-35-30-21-20-27(36-45(40,41)24(2)3)22-31(30)38(33)23-25-16-18-26(19-17-25)29-13-9-10-14-32(29)44-34(39)37-46(42,43)28-11-7-6-8-12-28/h6-14,16-22,24,36H,4-5,15,23H2,1-3H3,(H,37,39). The Morgan fingerprint density at radius 1 is 0.891 bits per heavy atom. The summed E-state index contributed by atoms with van der Waals surface area (Å²) in [6, 6.07) is 27.6. The first kappa shape index (κ1) is 32.7. The summed E-state index contributed by atoms with van der Waals surface area (Å²) >= 11 is 0. The maximum Gasteiger partial charge on any atom is 0.426 e. The average Bonchev–Trinajstić information content (AvgIpc) is 3.36. The van der Waals surface area contributed by atoms with Crippen molar-refractivity contribution in [2.24, 2.45) is 0 Å². The fourth-order valence-corrected chi connectivity index (χ4v) is 6.46. The van der Waals surface area contributed by atoms with Crippen LogP contribution in [-0.4, -0.2) is 37.7 Å². The number of hydrogen-bond donors (Lipinski definition) is 2. The molecule has 0 aliphatic carbocycles. The number of aryl methyl sites for hydroxylation is 1. The molecule has 10 nitrogen and oxygen atoms in total. The number of anilines is 1. The number of sulfonamides is 2. The molecule has 46 heavy (non-hydrogen) atoms. The third-order valence-corrected chi connectivity index (χ3v) is 10.5. The van der Waals surface area contributed by atoms with Crippen LogP contribution in [0.1, 0.15) is 45.0 Å². The summed E-state index contributed by atoms with van der Waals surface area (Å²) in [6.07, 6.45) is 1.64. The van der Waals surface area contributed by atoms with Crippen molar-refractivity contribution in [1.82, 2.24) is 14.3 Å². The number of aromatic nitrogens is 2. The van der Waals surface area contributed by atoms with E-state index in [0.29, 0.717) is 17.8 Å². The number of amides is 1. The molecule has 2 N–H and O–H groups in total. The number of para-hydroxylation sites is 1. The van der Waals surface area contributed by atoms with Crippen LogP contribution in [0, 0.1) is 0 Å². The molecule has 5 rings (SSSR count). The Bertz CT molecular complexity index is 2060. The minimum absolute atomic E-state index is 0.0487. The molecule has 0 aliphatic rings. The van der Waals surface area contributed by atoms with Gasteiger partial charge >= 0.3 is 6.09 Å². The Kier molecular flexibility index (Phi) is 9.78. The van der Waals surface area contributed by atoms with Crippen LogP contribution in [-0.2, 0) is 33.0 Å². The van der Waals surface area contributed by atoms with Gasteiger partial charge in [0.25, 0.3) is 10.0 Å². The lowest BCUT2D eigenvalue weighted by Crippen LogP contribution is -2.33. The zero-order valence-corrected chi connectivity index (χ0v) is 27.4. The Morgan fingerprint density at radius 3 is 2.28 bits per heavy atom. The van der Waals surface area contributed by atoms with Gasteiger partial charge in [0, 0.05) is 18.5 Å². The number of unbranched alkanes of at least 4 members (excludes halogenated alkanes) is 1. The second kappa shape index (κ2) is 13.8. The molecule has 0 bridgehead atoms. The van der Waals surface area contributed by atoms with Gasteiger partial charge in [-0.15, -0.1) is 0 Å². The van der Waals surface area contributed by atoms with Gasteiger partial charge < -0.3 is 9.30 Å². The van der Waals surface area contributed by atoms with Crippen LogP contribution >= 0.6 is 0 Å². The molecule has 0 aliphatic heterocycles. The van der Waals surface area contributed by atoms with E-state index in [1.54, 1.807) is 62.4 Å². The van der Waals surface area contributed by atoms with Crippen molar-refractivity contribution in [3.8, 4) is 16.9 Å². The molecule has 0 unspecified atom stereocenters. The predicted molar refractivity (Wildman–Crippen MR) is 180 cm³/mol. The third kappa shape index (κ3) is 7.57. The number of hydrogen-bond acceptors (Lipinski definition) is 7. The fourth-order valence-electron chi connectivity index (χ4n) is 4.88. The normalized spacial score (nSPS) is 11.9. The van der Waals surface area contributed by atoms with E-state index in [9.17, 15) is 21.6 Å². The predicted octanol–water partition coefficient (Wildman–Crippen LogP) is 6.72. The molecule has 5 aromatic rings. The van der Waals surface area contributed by atoms with E-state index in [4.69, 9.17) is 9.72 Å². The van der Waals surface area contributed by atoms with Gasteiger partial charge in [-0.3, -0.25) is 4.72 Å². The van der Waals surface area contributed by atoms with E-state index in [0.717, 1.165) is 47.2 Å². The SMILES string of the molecule is CCCCc1nc2ccc(NS(=O)(=O)C(C)C)cc2n1Cc1ccc(-c2ccccc2OC(=O)NS(=O)(=O)c2ccccc2)cc1. The average molecular weight is 661 g/mol. The lowest BCUT2D eigenvalue weighted by molar-refractivity contribution is 0.207. The molecule has 1 heterocycles. The summed E-state index contributed by atoms with van der Waals surface area (Å²) in [7, 11) is -7.60. The molecule has 1 amide bonds. The van der Waals surface area contributed by atoms with E-state index >= 15 is 0 Å². The van der Waals surface area contributed by atoms with Crippen LogP contribution in [0.3, 0.4) is 0 Å². The highest BCUT2D eigenvalue weighted by Crippen LogP contribution is 2.31. The quantitative estimate of drug-likeness (QED) is 0.152. The minimum atomic E-state index is -4.09. The summed E-state index contributed by atoms with van der Waals surface area (Å²) in [5, 5.41) is -0.570. The molecule has 12 heteroatoms. The second-order valence-corrected chi connectivity index (χ2v) is 15.0. The molecular weight excluding hydrogens is 625 g/mol. The van der Waals surface area contributed by atoms with Crippen molar-refractivity contribution in [3.05, 3.63) is 108 Å². The molecule has 0 fully saturated rings. The van der Waals surface area contributed by atoms with E-state index in [1.165, 1.54) is 12.1 Å². The van der Waals surface area contributed by atoms with Gasteiger partial charge in [-0.05, 0) is 67.8 Å². The van der Waals surface area contributed by atoms with Crippen LogP contribution in [0.25, 0.3) is 22.2 Å². The van der Waals surface area contributed by atoms with Crippen LogP contribution < -0.4 is 14.2 Å². The lowest BCUT2D eigenvalue weighted by atomic mass is 10.0. The van der Waals surface area contributed by atoms with Crippen molar-refractivity contribution in [3.63, 3.8) is 0 Å². The zero-order chi connectivity index (χ0) is 32.9. The fraction of sp³-hybridized carbons (Fsp3) is 0.235. The van der Waals surface area contributed by atoms with Gasteiger partial charge in [-0.2, -0.15) is 0 Å². The number of nitrogens with one attached hydrogen (secondary N) is 2. The van der Waals surface area contributed by atoms with Gasteiger partial charge in [-0.1, -0.05) is 74.0 Å². The van der Waals surface area contributed by atoms with E-state index in [1.807, 2.05) is 41.1 Å². The van der Waals surface area contributed by atoms with Gasteiger partial charge in [0.2, 0.25) is 10.0 Å². The van der Waals surface area contributed by atoms with E-state index in [-0.39, 0.29) is 10.6 Å². The number of carbonyl (C=O) groups is 1. The maximum absolute atomic E-state index is 12.6. The molecule has 0 atom stereocenters. The number of rotatable bonds is 12. The molecule has 0 radical (unpaired) electrons. The van der Waals surface area contributed by atoms with Crippen LogP contribution in [0.5, 0.6) is 5.75 Å². The first-order valence-corrected chi connectivity index (χ1v) is 18.0. The number of benzene rings is 4. The van der Waals surface area contributed by atoms with Gasteiger partial charge in [0.05, 0.1) is 26.9 Å². The number of nitrogens with zero attached hydrogens (tertiary/aromatic N) is 2. The maximum atomic E-state index is 12.6. The topological polar surface area (TPSA) is 136 Å². The van der Waals surface area contributed by atoms with Crippen LogP contribution in [0.15, 0.2) is 102 Å². The monoisotopic (exact) mass is 660 g/mol. The molecule has 0 spiro atoms. The Balaban J connectivity index is 1.38. The summed E-state index contributed by atoms with van der Waals surface area (Å²) in [5.74, 6) is 1.12. The highest BCUT2D eigenvalue weighted by Gasteiger charge is 2.20. The molecule has 240 valence electrons. The van der Waals surface area contributed by atoms with E-state index in [2.05, 4.69) is 16.2 Å². The van der Waals surface area contributed by atoms with Gasteiger partial charge in [-0.25, -0.2) is 31.3 Å². The van der Waals surface area contributed by atoms with Crippen LogP contribution in [0.4, 0.5) is 10.5 Å². The second-order valence-electron chi connectivity index (χ2n) is 11.1. The summed E-state index contributed by atoms with van der Waals surface area (Å²) < 4.78 is 62.4. The lowest BCUT2D eigenvalue weighted by Gasteiger charge is -2.14. The van der Waals surface area contributed by atoms with Crippen molar-refractivity contribution < 1.29 is 26.4 Å². The summed E-state index contributed by atoms with van der Waals surface area (Å²) in [4.78, 5) is 17.4. The van der Waals surface area contributed by atoms with E-state index < -0.39 is 31.4 Å². The Morgan fingerprint density at radius 2 is 1.59 bits per heavy atom. The molecule has 0 saturated carbocycles. The zero-order valence-electron chi connectivity index (χ0n) is 25.8. The van der Waals surface area contributed by atoms with Gasteiger partial charge in [0.15, 0.2) is 0 Å². The molecular formula is C34H36N4O6S2. The van der Waals surface area contributed by atoms with Gasteiger partial charge in [0.1, 0.15) is 11.6 Å². The van der Waals surface area contributed by atoms with Crippen molar-refractivity contribution in [1.29, 1.82) is 0 Å². The number of imidazole rings is 1. The van der Waals surface area contributed by atoms with Crippen molar-refractivity contribution >= 4 is 42.9 Å². The first-order chi connectivity index (χ1) is 22.0. The largest absolute Gasteiger partial charge is 0.426 e. The Hall–Kier alpha value is -4.68. The first-order valence-electron chi connectivity index (χ1n) is 15.0. The molecule has 1 aromatic heterocycles. The molecule has 0 saturated heterocycles. The number of fused-ring (bicyclic) bond motifs is 1. The van der Waals surface area contributed by atoms with Crippen molar-refractivity contribution in [2.75, 3.05) is 4.72 Å². The van der Waals surface area contributed by atoms with Crippen LogP contribution in [0.2, 0.25) is 0 Å². The third-order valence-electron chi connectivity index (χ3n) is 7.43. The Labute approximate surface area is 269 Å². The smallest absolute Gasteiger partial charge is 0.409 e. The number of ether oxygens (including phenoxy) is 1. The molecule has 4 aromatic carbocycles. The number of carbonyl (C=O) groups excluding carboxylic acids is 1. The minimum Gasteiger partial charge on any atom is -0.409 e. The highest BCUT2D eigenvalue weighted by molar-refractivity contribution is 7.93. The highest BCUT2D eigenvalue weighted by atomic mass is 32.2. The summed E-state index contributed by atoms with van der Waals surface area (Å²) in [6.45, 7) is 5.90.